The molecule has 0 aromatic heterocycles. The minimum absolute atomic E-state index is 0.670. The second-order valence-corrected chi connectivity index (χ2v) is 16.4. The number of hydrogen-bond donors (Lipinski definition) is 0. The molecule has 0 N–H and O–H groups in total. The van der Waals surface area contributed by atoms with E-state index in [0.29, 0.717) is 12.1 Å². The van der Waals surface area contributed by atoms with Gasteiger partial charge in [-0.05, 0) is 145 Å². The fourth-order valence-corrected chi connectivity index (χ4v) is 13.0. The lowest BCUT2D eigenvalue weighted by Gasteiger charge is -2.57. The van der Waals surface area contributed by atoms with E-state index in [1.54, 1.807) is 0 Å². The number of hydrogen-bond acceptors (Lipinski definition) is 2. The Kier molecular flexibility index (Phi) is 5.81. The van der Waals surface area contributed by atoms with Gasteiger partial charge in [0.2, 0.25) is 0 Å². The molecule has 44 heavy (non-hydrogen) atoms. The molecule has 8 aliphatic rings. The van der Waals surface area contributed by atoms with Gasteiger partial charge in [-0.25, -0.2) is 0 Å². The third-order valence-corrected chi connectivity index (χ3v) is 14.1. The minimum atomic E-state index is 0.670. The van der Waals surface area contributed by atoms with E-state index in [-0.39, 0.29) is 0 Å². The van der Waals surface area contributed by atoms with Gasteiger partial charge in [-0.15, -0.1) is 0 Å². The van der Waals surface area contributed by atoms with Crippen molar-refractivity contribution in [3.05, 3.63) is 72.8 Å². The van der Waals surface area contributed by atoms with Crippen LogP contribution in [0.3, 0.4) is 0 Å². The van der Waals surface area contributed by atoms with Gasteiger partial charge in [-0.2, -0.15) is 0 Å². The van der Waals surface area contributed by atoms with Gasteiger partial charge in [0.1, 0.15) is 0 Å². The van der Waals surface area contributed by atoms with Crippen LogP contribution in [-0.4, -0.2) is 26.2 Å². The third kappa shape index (κ3) is 3.85. The molecule has 4 aromatic rings. The fourth-order valence-electron chi connectivity index (χ4n) is 13.0. The second kappa shape index (κ2) is 9.75. The maximum atomic E-state index is 2.79. The van der Waals surface area contributed by atoms with E-state index in [9.17, 15) is 0 Å². The van der Waals surface area contributed by atoms with Gasteiger partial charge in [0.25, 0.3) is 0 Å². The molecule has 2 nitrogen and oxygen atoms in total. The van der Waals surface area contributed by atoms with Crippen molar-refractivity contribution in [2.75, 3.05) is 23.9 Å². The first-order chi connectivity index (χ1) is 21.6. The highest BCUT2D eigenvalue weighted by Gasteiger charge is 2.51. The highest BCUT2D eigenvalue weighted by molar-refractivity contribution is 6.13. The number of rotatable bonds is 5. The molecule has 226 valence electrons. The predicted molar refractivity (Wildman–Crippen MR) is 185 cm³/mol. The van der Waals surface area contributed by atoms with Gasteiger partial charge >= 0.3 is 0 Å². The van der Waals surface area contributed by atoms with Gasteiger partial charge < -0.3 is 9.80 Å². The van der Waals surface area contributed by atoms with E-state index in [1.807, 2.05) is 0 Å². The van der Waals surface area contributed by atoms with Gasteiger partial charge in [0.05, 0.1) is 0 Å². The van der Waals surface area contributed by atoms with Gasteiger partial charge in [-0.1, -0.05) is 60.7 Å². The molecule has 8 fully saturated rings. The van der Waals surface area contributed by atoms with Crippen molar-refractivity contribution < 1.29 is 0 Å². The average molecular weight is 581 g/mol. The highest BCUT2D eigenvalue weighted by atomic mass is 15.2. The van der Waals surface area contributed by atoms with E-state index in [2.05, 4.69) is 96.7 Å². The predicted octanol–water partition coefficient (Wildman–Crippen LogP) is 10.2. The maximum absolute atomic E-state index is 2.79. The maximum Gasteiger partial charge on any atom is 0.0453 e. The summed E-state index contributed by atoms with van der Waals surface area (Å²) in [6.45, 7) is 0. The first kappa shape index (κ1) is 26.2. The van der Waals surface area contributed by atoms with E-state index < -0.39 is 0 Å². The summed E-state index contributed by atoms with van der Waals surface area (Å²) in [4.78, 5) is 5.59. The summed E-state index contributed by atoms with van der Waals surface area (Å²) in [6.07, 6.45) is 14.7. The quantitative estimate of drug-likeness (QED) is 0.232. The van der Waals surface area contributed by atoms with E-state index >= 15 is 0 Å². The second-order valence-electron chi connectivity index (χ2n) is 16.4. The van der Waals surface area contributed by atoms with Crippen LogP contribution in [0.1, 0.15) is 64.2 Å². The number of nitrogens with zero attached hydrogens (tertiary/aromatic N) is 2. The van der Waals surface area contributed by atoms with Crippen LogP contribution >= 0.6 is 0 Å². The van der Waals surface area contributed by atoms with Crippen LogP contribution < -0.4 is 9.80 Å². The first-order valence-electron chi connectivity index (χ1n) is 18.1. The Labute approximate surface area is 263 Å². The molecule has 0 heterocycles. The van der Waals surface area contributed by atoms with Crippen molar-refractivity contribution in [1.29, 1.82) is 0 Å². The molecule has 0 saturated heterocycles. The number of fused-ring (bicyclic) bond motifs is 2. The molecule has 2 heteroatoms. The first-order valence-corrected chi connectivity index (χ1v) is 18.1. The summed E-state index contributed by atoms with van der Waals surface area (Å²) >= 11 is 0. The zero-order valence-corrected chi connectivity index (χ0v) is 26.7. The molecule has 0 unspecified atom stereocenters. The van der Waals surface area contributed by atoms with Crippen molar-refractivity contribution >= 4 is 32.9 Å². The summed E-state index contributed by atoms with van der Waals surface area (Å²) in [7, 11) is 4.93. The van der Waals surface area contributed by atoms with E-state index in [0.717, 1.165) is 47.3 Å². The van der Waals surface area contributed by atoms with Crippen LogP contribution in [-0.2, 0) is 0 Å². The topological polar surface area (TPSA) is 6.48 Å². The van der Waals surface area contributed by atoms with Crippen LogP contribution in [0, 0.1) is 47.3 Å². The van der Waals surface area contributed by atoms with Crippen molar-refractivity contribution in [1.82, 2.24) is 0 Å². The van der Waals surface area contributed by atoms with Crippen LogP contribution in [0.4, 0.5) is 11.4 Å². The summed E-state index contributed by atoms with van der Waals surface area (Å²) in [5.41, 5.74) is 5.86. The molecule has 8 bridgehead atoms. The van der Waals surface area contributed by atoms with E-state index in [4.69, 9.17) is 0 Å². The highest BCUT2D eigenvalue weighted by Crippen LogP contribution is 2.58. The molecular formula is C42H48N2. The van der Waals surface area contributed by atoms with Crippen molar-refractivity contribution in [2.24, 2.45) is 47.3 Å². The number of anilines is 2. The Morgan fingerprint density at radius 3 is 1.11 bits per heavy atom. The average Bonchev–Trinajstić information content (AvgIpc) is 3.02. The normalized spacial score (nSPS) is 36.4. The molecular weight excluding hydrogens is 532 g/mol. The molecule has 0 spiro atoms. The van der Waals surface area contributed by atoms with Gasteiger partial charge in [0.15, 0.2) is 0 Å². The third-order valence-electron chi connectivity index (χ3n) is 14.1. The smallest absolute Gasteiger partial charge is 0.0453 e. The Morgan fingerprint density at radius 2 is 0.750 bits per heavy atom. The zero-order chi connectivity index (χ0) is 29.1. The van der Waals surface area contributed by atoms with Crippen molar-refractivity contribution in [3.63, 3.8) is 0 Å². The van der Waals surface area contributed by atoms with Gasteiger partial charge in [0, 0.05) is 48.7 Å². The summed E-state index contributed by atoms with van der Waals surface area (Å²) in [6, 6.07) is 29.6. The van der Waals surface area contributed by atoms with Crippen LogP contribution in [0.25, 0.3) is 32.7 Å². The Hall–Kier alpha value is -3.00. The van der Waals surface area contributed by atoms with Crippen LogP contribution in [0.5, 0.6) is 0 Å². The Balaban J connectivity index is 1.17. The van der Waals surface area contributed by atoms with Gasteiger partial charge in [-0.3, -0.25) is 0 Å². The lowest BCUT2D eigenvalue weighted by atomic mass is 9.53. The molecule has 12 rings (SSSR count). The lowest BCUT2D eigenvalue weighted by molar-refractivity contribution is -0.00132. The molecule has 0 amide bonds. The van der Waals surface area contributed by atoms with E-state index in [1.165, 1.54) is 108 Å². The Morgan fingerprint density at radius 1 is 0.409 bits per heavy atom. The zero-order valence-electron chi connectivity index (χ0n) is 26.7. The van der Waals surface area contributed by atoms with Crippen molar-refractivity contribution in [3.8, 4) is 11.1 Å². The number of benzene rings is 4. The largest absolute Gasteiger partial charge is 0.371 e. The van der Waals surface area contributed by atoms with Crippen LogP contribution in [0.2, 0.25) is 0 Å². The SMILES string of the molecule is CN(c1ccc2ccccc2c1-c1c(N(C)C2C3CC4CC(C3)CC2C4)ccc2ccccc12)C1C2CC3CC(C2)CC1C3. The minimum Gasteiger partial charge on any atom is -0.371 e. The summed E-state index contributed by atoms with van der Waals surface area (Å²) in [5.74, 6) is 7.43. The molecule has 0 radical (unpaired) electrons. The molecule has 8 aliphatic carbocycles. The summed E-state index contributed by atoms with van der Waals surface area (Å²) in [5, 5.41) is 5.55. The molecule has 0 aliphatic heterocycles. The Bertz CT molecular complexity index is 1570. The molecule has 0 atom stereocenters. The van der Waals surface area contributed by atoms with Crippen LogP contribution in [0.15, 0.2) is 72.8 Å². The molecule has 4 aromatic carbocycles. The van der Waals surface area contributed by atoms with Crippen molar-refractivity contribution in [2.45, 2.75) is 76.3 Å². The fraction of sp³-hybridized carbons (Fsp3) is 0.524. The molecule has 8 saturated carbocycles. The monoisotopic (exact) mass is 580 g/mol. The lowest BCUT2D eigenvalue weighted by Crippen LogP contribution is -2.55. The summed E-state index contributed by atoms with van der Waals surface area (Å²) < 4.78 is 0. The standard InChI is InChI=1S/C42H48N2/c1-43(41-31-17-25-15-26(19-31)20-32(41)18-25)37-13-11-29-7-3-5-9-35(29)39(37)40-36-10-6-4-8-30(36)12-14-38(40)44(2)42-33-21-27-16-28(23-33)24-34(42)22-27/h3-14,25-28,31-34,41-42H,15-24H2,1-2H3.